The third-order valence-electron chi connectivity index (χ3n) is 2.40. The van der Waals surface area contributed by atoms with Crippen LogP contribution in [0.1, 0.15) is 20.3 Å². The Morgan fingerprint density at radius 1 is 1.62 bits per heavy atom. The van der Waals surface area contributed by atoms with Crippen LogP contribution in [0.15, 0.2) is 10.6 Å². The van der Waals surface area contributed by atoms with Gasteiger partial charge < -0.3 is 5.11 Å². The molecule has 1 heterocycles. The van der Waals surface area contributed by atoms with Crippen LogP contribution in [0.2, 0.25) is 0 Å². The van der Waals surface area contributed by atoms with E-state index in [9.17, 15) is 5.11 Å². The first-order valence-corrected chi connectivity index (χ1v) is 5.64. The van der Waals surface area contributed by atoms with E-state index in [-0.39, 0.29) is 6.10 Å². The molecule has 0 saturated heterocycles. The van der Waals surface area contributed by atoms with E-state index in [2.05, 4.69) is 40.8 Å². The molecule has 0 saturated carbocycles. The highest BCUT2D eigenvalue weighted by Gasteiger charge is 2.16. The minimum atomic E-state index is -0.196. The van der Waals surface area contributed by atoms with Crippen molar-refractivity contribution in [1.82, 2.24) is 4.90 Å². The van der Waals surface area contributed by atoms with E-state index in [0.29, 0.717) is 5.92 Å². The average molecular weight is 248 g/mol. The van der Waals surface area contributed by atoms with Crippen molar-refractivity contribution in [3.63, 3.8) is 0 Å². The van der Waals surface area contributed by atoms with Crippen LogP contribution in [-0.2, 0) is 0 Å². The molecule has 1 N–H and O–H groups in total. The summed E-state index contributed by atoms with van der Waals surface area (Å²) < 4.78 is 1.25. The molecule has 0 aromatic carbocycles. The standard InChI is InChI=1S/C10H18BrNO/c1-8(2)10(13)7-12-5-3-4-9(11)6-12/h4,8,10,13H,3,5-7H2,1-2H3. The normalized spacial score (nSPS) is 21.8. The molecule has 1 aliphatic rings. The molecule has 1 rings (SSSR count). The van der Waals surface area contributed by atoms with E-state index in [4.69, 9.17) is 0 Å². The van der Waals surface area contributed by atoms with Crippen molar-refractivity contribution in [1.29, 1.82) is 0 Å². The number of hydrogen-bond donors (Lipinski definition) is 1. The van der Waals surface area contributed by atoms with Gasteiger partial charge >= 0.3 is 0 Å². The number of hydrogen-bond acceptors (Lipinski definition) is 2. The van der Waals surface area contributed by atoms with Crippen LogP contribution in [0.5, 0.6) is 0 Å². The van der Waals surface area contributed by atoms with E-state index in [1.807, 2.05) is 0 Å². The molecule has 0 bridgehead atoms. The van der Waals surface area contributed by atoms with Crippen LogP contribution in [0.25, 0.3) is 0 Å². The molecule has 1 aliphatic heterocycles. The molecule has 1 unspecified atom stereocenters. The summed E-state index contributed by atoms with van der Waals surface area (Å²) in [7, 11) is 0. The summed E-state index contributed by atoms with van der Waals surface area (Å²) in [5, 5.41) is 9.69. The zero-order chi connectivity index (χ0) is 9.84. The molecule has 3 heteroatoms. The molecule has 76 valence electrons. The SMILES string of the molecule is CC(C)C(O)CN1CCC=C(Br)C1. The van der Waals surface area contributed by atoms with Gasteiger partial charge in [-0.1, -0.05) is 35.9 Å². The van der Waals surface area contributed by atoms with Gasteiger partial charge in [0.05, 0.1) is 6.10 Å². The lowest BCUT2D eigenvalue weighted by atomic mass is 10.1. The van der Waals surface area contributed by atoms with Crippen LogP contribution in [0.4, 0.5) is 0 Å². The highest BCUT2D eigenvalue weighted by molar-refractivity contribution is 9.11. The highest BCUT2D eigenvalue weighted by Crippen LogP contribution is 2.16. The Balaban J connectivity index is 2.34. The molecule has 0 aliphatic carbocycles. The smallest absolute Gasteiger partial charge is 0.0690 e. The van der Waals surface area contributed by atoms with Gasteiger partial charge in [-0.2, -0.15) is 0 Å². The van der Waals surface area contributed by atoms with Crippen molar-refractivity contribution in [2.24, 2.45) is 5.92 Å². The van der Waals surface area contributed by atoms with E-state index in [1.54, 1.807) is 0 Å². The average Bonchev–Trinajstić information content (AvgIpc) is 2.04. The summed E-state index contributed by atoms with van der Waals surface area (Å²) >= 11 is 3.49. The Hall–Kier alpha value is 0.140. The van der Waals surface area contributed by atoms with Crippen LogP contribution < -0.4 is 0 Å². The van der Waals surface area contributed by atoms with Crippen LogP contribution in [0.3, 0.4) is 0 Å². The second-order valence-electron chi connectivity index (χ2n) is 3.99. The number of aliphatic hydroxyl groups excluding tert-OH is 1. The van der Waals surface area contributed by atoms with Crippen LogP contribution >= 0.6 is 15.9 Å². The molecule has 1 atom stereocenters. The Morgan fingerprint density at radius 2 is 2.31 bits per heavy atom. The molecule has 13 heavy (non-hydrogen) atoms. The van der Waals surface area contributed by atoms with Crippen LogP contribution in [0, 0.1) is 5.92 Å². The first-order chi connectivity index (χ1) is 6.09. The van der Waals surface area contributed by atoms with Crippen molar-refractivity contribution in [2.45, 2.75) is 26.4 Å². The zero-order valence-corrected chi connectivity index (χ0v) is 9.92. The fourth-order valence-corrected chi connectivity index (χ4v) is 1.98. The molecular weight excluding hydrogens is 230 g/mol. The fourth-order valence-electron chi connectivity index (χ4n) is 1.39. The summed E-state index contributed by atoms with van der Waals surface area (Å²) in [6.07, 6.45) is 3.10. The molecular formula is C10H18BrNO. The molecule has 0 aromatic heterocycles. The molecule has 0 spiro atoms. The second-order valence-corrected chi connectivity index (χ2v) is 5.00. The quantitative estimate of drug-likeness (QED) is 0.825. The minimum absolute atomic E-state index is 0.196. The minimum Gasteiger partial charge on any atom is -0.392 e. The van der Waals surface area contributed by atoms with E-state index in [1.165, 1.54) is 4.48 Å². The lowest BCUT2D eigenvalue weighted by Crippen LogP contribution is -2.37. The molecule has 0 aromatic rings. The highest BCUT2D eigenvalue weighted by atomic mass is 79.9. The van der Waals surface area contributed by atoms with E-state index < -0.39 is 0 Å². The number of rotatable bonds is 3. The van der Waals surface area contributed by atoms with Gasteiger partial charge in [0, 0.05) is 24.1 Å². The third kappa shape index (κ3) is 3.79. The van der Waals surface area contributed by atoms with Crippen LogP contribution in [-0.4, -0.2) is 35.7 Å². The molecule has 2 nitrogen and oxygen atoms in total. The number of halogens is 1. The summed E-state index contributed by atoms with van der Waals surface area (Å²) in [4.78, 5) is 2.29. The third-order valence-corrected chi connectivity index (χ3v) is 2.98. The second kappa shape index (κ2) is 5.13. The van der Waals surface area contributed by atoms with Gasteiger partial charge in [-0.25, -0.2) is 0 Å². The Kier molecular flexibility index (Phi) is 4.42. The predicted octanol–water partition coefficient (Wildman–Crippen LogP) is 1.99. The summed E-state index contributed by atoms with van der Waals surface area (Å²) in [6.45, 7) is 6.92. The molecule has 0 amide bonds. The summed E-state index contributed by atoms with van der Waals surface area (Å²) in [6, 6.07) is 0. The predicted molar refractivity (Wildman–Crippen MR) is 58.9 cm³/mol. The Labute approximate surface area is 88.7 Å². The zero-order valence-electron chi connectivity index (χ0n) is 8.33. The fraction of sp³-hybridized carbons (Fsp3) is 0.800. The number of aliphatic hydroxyl groups is 1. The van der Waals surface area contributed by atoms with Crippen molar-refractivity contribution in [3.8, 4) is 0 Å². The van der Waals surface area contributed by atoms with Gasteiger partial charge in [0.25, 0.3) is 0 Å². The lowest BCUT2D eigenvalue weighted by molar-refractivity contribution is 0.0798. The maximum absolute atomic E-state index is 9.69. The van der Waals surface area contributed by atoms with Gasteiger partial charge in [0.1, 0.15) is 0 Å². The first kappa shape index (κ1) is 11.2. The van der Waals surface area contributed by atoms with Crippen molar-refractivity contribution >= 4 is 15.9 Å². The van der Waals surface area contributed by atoms with Gasteiger partial charge in [-0.05, 0) is 12.3 Å². The molecule has 0 radical (unpaired) electrons. The topological polar surface area (TPSA) is 23.5 Å². The Bertz CT molecular complexity index is 191. The number of β-amino-alcohol motifs (C(OH)–C–C–N with tert-alkyl or cyclic N) is 1. The van der Waals surface area contributed by atoms with Crippen molar-refractivity contribution in [2.75, 3.05) is 19.6 Å². The van der Waals surface area contributed by atoms with E-state index >= 15 is 0 Å². The Morgan fingerprint density at radius 3 is 2.85 bits per heavy atom. The summed E-state index contributed by atoms with van der Waals surface area (Å²) in [5.41, 5.74) is 0. The van der Waals surface area contributed by atoms with Crippen molar-refractivity contribution < 1.29 is 5.11 Å². The van der Waals surface area contributed by atoms with Gasteiger partial charge in [-0.15, -0.1) is 0 Å². The number of nitrogens with zero attached hydrogens (tertiary/aromatic N) is 1. The maximum atomic E-state index is 9.69. The van der Waals surface area contributed by atoms with E-state index in [0.717, 1.165) is 26.1 Å². The van der Waals surface area contributed by atoms with Gasteiger partial charge in [0.15, 0.2) is 0 Å². The molecule has 0 fully saturated rings. The van der Waals surface area contributed by atoms with Gasteiger partial charge in [0.2, 0.25) is 0 Å². The first-order valence-electron chi connectivity index (χ1n) is 4.84. The summed E-state index contributed by atoms with van der Waals surface area (Å²) in [5.74, 6) is 0.352. The maximum Gasteiger partial charge on any atom is 0.0690 e. The lowest BCUT2D eigenvalue weighted by Gasteiger charge is -2.28. The van der Waals surface area contributed by atoms with Gasteiger partial charge in [-0.3, -0.25) is 4.90 Å². The van der Waals surface area contributed by atoms with Crippen molar-refractivity contribution in [3.05, 3.63) is 10.6 Å². The monoisotopic (exact) mass is 247 g/mol. The largest absolute Gasteiger partial charge is 0.392 e.